The SMILES string of the molecule is CCN(C(C)=O)C1CCCCC1C. The van der Waals surface area contributed by atoms with Crippen molar-refractivity contribution >= 4 is 5.91 Å². The van der Waals surface area contributed by atoms with Crippen LogP contribution in [0, 0.1) is 5.92 Å². The van der Waals surface area contributed by atoms with Gasteiger partial charge < -0.3 is 4.90 Å². The summed E-state index contributed by atoms with van der Waals surface area (Å²) in [5.41, 5.74) is 0. The van der Waals surface area contributed by atoms with Crippen LogP contribution in [-0.4, -0.2) is 23.4 Å². The van der Waals surface area contributed by atoms with E-state index in [9.17, 15) is 4.79 Å². The molecule has 0 aromatic carbocycles. The number of carbonyl (C=O) groups excluding carboxylic acids is 1. The van der Waals surface area contributed by atoms with Gasteiger partial charge in [-0.15, -0.1) is 0 Å². The van der Waals surface area contributed by atoms with Crippen LogP contribution in [0.3, 0.4) is 0 Å². The molecule has 2 nitrogen and oxygen atoms in total. The Morgan fingerprint density at radius 3 is 2.46 bits per heavy atom. The van der Waals surface area contributed by atoms with Crippen LogP contribution in [0.2, 0.25) is 0 Å². The molecule has 1 saturated carbocycles. The molecule has 0 bridgehead atoms. The van der Waals surface area contributed by atoms with E-state index in [1.165, 1.54) is 25.7 Å². The minimum Gasteiger partial charge on any atom is -0.340 e. The summed E-state index contributed by atoms with van der Waals surface area (Å²) in [4.78, 5) is 13.4. The first kappa shape index (κ1) is 10.6. The maximum absolute atomic E-state index is 11.3. The Kier molecular flexibility index (Phi) is 3.76. The van der Waals surface area contributed by atoms with Crippen molar-refractivity contribution in [2.75, 3.05) is 6.54 Å². The first-order valence-corrected chi connectivity index (χ1v) is 5.44. The average Bonchev–Trinajstić information content (AvgIpc) is 2.09. The van der Waals surface area contributed by atoms with Gasteiger partial charge in [0.15, 0.2) is 0 Å². The predicted molar refractivity (Wildman–Crippen MR) is 54.5 cm³/mol. The lowest BCUT2D eigenvalue weighted by Gasteiger charge is -2.37. The Labute approximate surface area is 81.3 Å². The van der Waals surface area contributed by atoms with E-state index >= 15 is 0 Å². The van der Waals surface area contributed by atoms with Crippen LogP contribution >= 0.6 is 0 Å². The van der Waals surface area contributed by atoms with Crippen molar-refractivity contribution in [1.29, 1.82) is 0 Å². The Bertz CT molecular complexity index is 179. The van der Waals surface area contributed by atoms with E-state index in [4.69, 9.17) is 0 Å². The van der Waals surface area contributed by atoms with Gasteiger partial charge in [0.1, 0.15) is 0 Å². The molecule has 0 N–H and O–H groups in total. The molecule has 1 aliphatic carbocycles. The number of nitrogens with zero attached hydrogens (tertiary/aromatic N) is 1. The number of hydrogen-bond donors (Lipinski definition) is 0. The van der Waals surface area contributed by atoms with Crippen molar-refractivity contribution in [3.05, 3.63) is 0 Å². The molecule has 0 radical (unpaired) electrons. The van der Waals surface area contributed by atoms with E-state index in [1.807, 2.05) is 4.90 Å². The lowest BCUT2D eigenvalue weighted by Crippen LogP contribution is -2.44. The van der Waals surface area contributed by atoms with E-state index in [2.05, 4.69) is 13.8 Å². The molecule has 13 heavy (non-hydrogen) atoms. The van der Waals surface area contributed by atoms with Gasteiger partial charge in [0.25, 0.3) is 0 Å². The molecule has 1 fully saturated rings. The van der Waals surface area contributed by atoms with Crippen molar-refractivity contribution in [3.8, 4) is 0 Å². The zero-order valence-corrected chi connectivity index (χ0v) is 9.05. The summed E-state index contributed by atoms with van der Waals surface area (Å²) < 4.78 is 0. The molecular formula is C11H21NO. The number of carbonyl (C=O) groups is 1. The molecule has 2 heteroatoms. The lowest BCUT2D eigenvalue weighted by molar-refractivity contribution is -0.132. The Morgan fingerprint density at radius 1 is 1.38 bits per heavy atom. The van der Waals surface area contributed by atoms with Crippen LogP contribution in [0.15, 0.2) is 0 Å². The summed E-state index contributed by atoms with van der Waals surface area (Å²) in [6.45, 7) is 6.90. The highest BCUT2D eigenvalue weighted by molar-refractivity contribution is 5.73. The summed E-state index contributed by atoms with van der Waals surface area (Å²) in [7, 11) is 0. The second kappa shape index (κ2) is 4.64. The molecule has 0 aromatic heterocycles. The van der Waals surface area contributed by atoms with Gasteiger partial charge in [-0.3, -0.25) is 4.79 Å². The predicted octanol–water partition coefficient (Wildman–Crippen LogP) is 2.43. The van der Waals surface area contributed by atoms with Crippen LogP contribution in [0.5, 0.6) is 0 Å². The van der Waals surface area contributed by atoms with Crippen LogP contribution in [-0.2, 0) is 4.79 Å². The molecule has 0 saturated heterocycles. The van der Waals surface area contributed by atoms with Gasteiger partial charge in [0.2, 0.25) is 5.91 Å². The van der Waals surface area contributed by atoms with Gasteiger partial charge in [-0.1, -0.05) is 19.8 Å². The van der Waals surface area contributed by atoms with Crippen molar-refractivity contribution < 1.29 is 4.79 Å². The summed E-state index contributed by atoms with van der Waals surface area (Å²) in [6.07, 6.45) is 5.12. The smallest absolute Gasteiger partial charge is 0.219 e. The lowest BCUT2D eigenvalue weighted by atomic mass is 9.85. The van der Waals surface area contributed by atoms with Crippen molar-refractivity contribution in [2.24, 2.45) is 5.92 Å². The quantitative estimate of drug-likeness (QED) is 0.644. The summed E-state index contributed by atoms with van der Waals surface area (Å²) in [5.74, 6) is 0.929. The average molecular weight is 183 g/mol. The monoisotopic (exact) mass is 183 g/mol. The number of hydrogen-bond acceptors (Lipinski definition) is 1. The normalized spacial score (nSPS) is 28.5. The molecule has 76 valence electrons. The van der Waals surface area contributed by atoms with Crippen LogP contribution in [0.4, 0.5) is 0 Å². The standard InChI is InChI=1S/C11H21NO/c1-4-12(10(3)13)11-8-6-5-7-9(11)2/h9,11H,4-8H2,1-3H3. The molecule has 1 amide bonds. The van der Waals surface area contributed by atoms with Gasteiger partial charge in [0, 0.05) is 19.5 Å². The largest absolute Gasteiger partial charge is 0.340 e. The highest BCUT2D eigenvalue weighted by Gasteiger charge is 2.27. The van der Waals surface area contributed by atoms with Crippen LogP contribution in [0.25, 0.3) is 0 Å². The first-order chi connectivity index (χ1) is 6.16. The van der Waals surface area contributed by atoms with Crippen LogP contribution < -0.4 is 0 Å². The molecular weight excluding hydrogens is 162 g/mol. The highest BCUT2D eigenvalue weighted by Crippen LogP contribution is 2.27. The number of rotatable bonds is 2. The first-order valence-electron chi connectivity index (χ1n) is 5.44. The zero-order valence-electron chi connectivity index (χ0n) is 9.05. The summed E-state index contributed by atoms with van der Waals surface area (Å²) >= 11 is 0. The van der Waals surface area contributed by atoms with E-state index in [0.717, 1.165) is 6.54 Å². The third kappa shape index (κ3) is 2.45. The van der Waals surface area contributed by atoms with Gasteiger partial charge in [0.05, 0.1) is 0 Å². The minimum atomic E-state index is 0.237. The molecule has 0 spiro atoms. The second-order valence-electron chi connectivity index (χ2n) is 4.13. The summed E-state index contributed by atoms with van der Waals surface area (Å²) in [6, 6.07) is 0.510. The maximum Gasteiger partial charge on any atom is 0.219 e. The fourth-order valence-corrected chi connectivity index (χ4v) is 2.45. The molecule has 0 heterocycles. The van der Waals surface area contributed by atoms with Crippen LogP contribution in [0.1, 0.15) is 46.5 Å². The fraction of sp³-hybridized carbons (Fsp3) is 0.909. The topological polar surface area (TPSA) is 20.3 Å². The molecule has 0 aromatic rings. The third-order valence-corrected chi connectivity index (χ3v) is 3.21. The van der Waals surface area contributed by atoms with Crippen molar-refractivity contribution in [1.82, 2.24) is 4.90 Å². The molecule has 2 unspecified atom stereocenters. The minimum absolute atomic E-state index is 0.237. The van der Waals surface area contributed by atoms with Gasteiger partial charge in [-0.05, 0) is 25.7 Å². The molecule has 1 aliphatic rings. The third-order valence-electron chi connectivity index (χ3n) is 3.21. The van der Waals surface area contributed by atoms with E-state index in [-0.39, 0.29) is 5.91 Å². The van der Waals surface area contributed by atoms with Gasteiger partial charge >= 0.3 is 0 Å². The Hall–Kier alpha value is -0.530. The van der Waals surface area contributed by atoms with Gasteiger partial charge in [-0.2, -0.15) is 0 Å². The van der Waals surface area contributed by atoms with Gasteiger partial charge in [-0.25, -0.2) is 0 Å². The van der Waals surface area contributed by atoms with Crippen molar-refractivity contribution in [3.63, 3.8) is 0 Å². The molecule has 1 rings (SSSR count). The Balaban J connectivity index is 2.60. The van der Waals surface area contributed by atoms with E-state index < -0.39 is 0 Å². The van der Waals surface area contributed by atoms with E-state index in [0.29, 0.717) is 12.0 Å². The summed E-state index contributed by atoms with van der Waals surface area (Å²) in [5, 5.41) is 0. The maximum atomic E-state index is 11.3. The number of amides is 1. The fourth-order valence-electron chi connectivity index (χ4n) is 2.45. The zero-order chi connectivity index (χ0) is 9.84. The second-order valence-corrected chi connectivity index (χ2v) is 4.13. The van der Waals surface area contributed by atoms with E-state index in [1.54, 1.807) is 6.92 Å². The highest BCUT2D eigenvalue weighted by atomic mass is 16.2. The molecule has 2 atom stereocenters. The Morgan fingerprint density at radius 2 is 2.00 bits per heavy atom. The van der Waals surface area contributed by atoms with Crippen molar-refractivity contribution in [2.45, 2.75) is 52.5 Å². The molecule has 0 aliphatic heterocycles.